The van der Waals surface area contributed by atoms with Crippen molar-refractivity contribution in [2.75, 3.05) is 11.4 Å². The van der Waals surface area contributed by atoms with Crippen molar-refractivity contribution in [3.8, 4) is 5.88 Å². The first-order chi connectivity index (χ1) is 18.9. The van der Waals surface area contributed by atoms with Gasteiger partial charge in [0.1, 0.15) is 18.1 Å². The molecule has 0 spiro atoms. The Balaban J connectivity index is 1.72. The van der Waals surface area contributed by atoms with Crippen LogP contribution in [0.2, 0.25) is 0 Å². The molecule has 12 heteroatoms. The highest BCUT2D eigenvalue weighted by Crippen LogP contribution is 2.31. The maximum Gasteiger partial charge on any atom is 0.433 e. The number of pyridine rings is 1. The van der Waals surface area contributed by atoms with E-state index >= 15 is 0 Å². The predicted molar refractivity (Wildman–Crippen MR) is 144 cm³/mol. The second kappa shape index (κ2) is 13.6. The standard InChI is InChI=1S/C28H31F4N3O4S/c1-4-5-6-19-7-9-20(10-8-19)17-39-27-22(12-14-25(34-27)28(30,31)32)16-33-26(36)18(2)21-11-13-24(23(29)15-21)35(3)40(37)38/h7-15,18,40H,4-6,16-17H2,1-3H3,(H,33,36). The number of unbranched alkanes of at least 4 members (excludes halogenated alkanes) is 1. The van der Waals surface area contributed by atoms with E-state index in [2.05, 4.69) is 17.2 Å². The fourth-order valence-electron chi connectivity index (χ4n) is 3.85. The highest BCUT2D eigenvalue weighted by atomic mass is 32.2. The molecule has 7 nitrogen and oxygen atoms in total. The van der Waals surface area contributed by atoms with Crippen molar-refractivity contribution < 1.29 is 35.5 Å². The van der Waals surface area contributed by atoms with Crippen molar-refractivity contribution in [2.45, 2.75) is 58.4 Å². The fraction of sp³-hybridized carbons (Fsp3) is 0.357. The SMILES string of the molecule is CCCCc1ccc(COc2nc(C(F)(F)F)ccc2CNC(=O)C(C)c2ccc(N(C)[SH](=O)=O)c(F)c2)cc1. The van der Waals surface area contributed by atoms with Crippen LogP contribution in [-0.4, -0.2) is 26.4 Å². The number of nitrogens with zero attached hydrogens (tertiary/aromatic N) is 2. The normalized spacial score (nSPS) is 12.3. The Labute approximate surface area is 232 Å². The topological polar surface area (TPSA) is 88.6 Å². The number of anilines is 1. The smallest absolute Gasteiger partial charge is 0.433 e. The van der Waals surface area contributed by atoms with Crippen molar-refractivity contribution in [3.05, 3.63) is 88.4 Å². The summed E-state index contributed by atoms with van der Waals surface area (Å²) in [5.41, 5.74) is 1.14. The van der Waals surface area contributed by atoms with Crippen LogP contribution in [0.4, 0.5) is 23.2 Å². The van der Waals surface area contributed by atoms with E-state index in [0.29, 0.717) is 0 Å². The van der Waals surface area contributed by atoms with Gasteiger partial charge in [-0.05, 0) is 60.7 Å². The Kier molecular flexibility index (Phi) is 10.5. The van der Waals surface area contributed by atoms with Crippen LogP contribution < -0.4 is 14.4 Å². The van der Waals surface area contributed by atoms with E-state index in [1.165, 1.54) is 32.2 Å². The third kappa shape index (κ3) is 8.17. The monoisotopic (exact) mass is 581 g/mol. The van der Waals surface area contributed by atoms with Gasteiger partial charge in [0, 0.05) is 19.2 Å². The Morgan fingerprint density at radius 3 is 2.35 bits per heavy atom. The Morgan fingerprint density at radius 1 is 1.07 bits per heavy atom. The van der Waals surface area contributed by atoms with Crippen molar-refractivity contribution in [2.24, 2.45) is 0 Å². The van der Waals surface area contributed by atoms with Crippen LogP contribution in [0.25, 0.3) is 0 Å². The number of alkyl halides is 3. The van der Waals surface area contributed by atoms with E-state index in [-0.39, 0.29) is 35.8 Å². The van der Waals surface area contributed by atoms with Gasteiger partial charge in [0.25, 0.3) is 0 Å². The van der Waals surface area contributed by atoms with Gasteiger partial charge in [-0.3, -0.25) is 9.10 Å². The van der Waals surface area contributed by atoms with Crippen molar-refractivity contribution in [1.82, 2.24) is 10.3 Å². The van der Waals surface area contributed by atoms with E-state index < -0.39 is 40.4 Å². The van der Waals surface area contributed by atoms with Crippen LogP contribution in [0.3, 0.4) is 0 Å². The third-order valence-corrected chi connectivity index (χ3v) is 7.06. The van der Waals surface area contributed by atoms with Crippen LogP contribution in [-0.2, 0) is 41.4 Å². The van der Waals surface area contributed by atoms with E-state index in [1.807, 2.05) is 24.3 Å². The number of thiol groups is 1. The molecule has 1 heterocycles. The lowest BCUT2D eigenvalue weighted by Crippen LogP contribution is -2.28. The maximum atomic E-state index is 14.5. The molecule has 1 unspecified atom stereocenters. The largest absolute Gasteiger partial charge is 0.473 e. The first-order valence-electron chi connectivity index (χ1n) is 12.6. The molecule has 2 aromatic carbocycles. The summed E-state index contributed by atoms with van der Waals surface area (Å²) in [6.45, 7) is 3.42. The molecule has 0 saturated heterocycles. The number of amides is 1. The van der Waals surface area contributed by atoms with Gasteiger partial charge in [0.05, 0.1) is 11.6 Å². The summed E-state index contributed by atoms with van der Waals surface area (Å²) in [6.07, 6.45) is -1.63. The molecule has 1 N–H and O–H groups in total. The molecule has 0 aliphatic heterocycles. The number of hydrogen-bond donors (Lipinski definition) is 2. The highest BCUT2D eigenvalue weighted by molar-refractivity contribution is 7.74. The van der Waals surface area contributed by atoms with Gasteiger partial charge in [-0.2, -0.15) is 13.2 Å². The van der Waals surface area contributed by atoms with Crippen LogP contribution in [0.5, 0.6) is 5.88 Å². The summed E-state index contributed by atoms with van der Waals surface area (Å²) in [7, 11) is -1.84. The quantitative estimate of drug-likeness (QED) is 0.217. The number of halogens is 4. The molecule has 3 rings (SSSR count). The summed E-state index contributed by atoms with van der Waals surface area (Å²) in [6, 6.07) is 13.3. The summed E-state index contributed by atoms with van der Waals surface area (Å²) in [5, 5.41) is 2.63. The molecule has 0 aliphatic rings. The minimum absolute atomic E-state index is 0.0191. The molecule has 40 heavy (non-hydrogen) atoms. The number of carbonyl (C=O) groups is 1. The average molecular weight is 582 g/mol. The number of aryl methyl sites for hydroxylation is 1. The predicted octanol–water partition coefficient (Wildman–Crippen LogP) is 5.54. The summed E-state index contributed by atoms with van der Waals surface area (Å²) >= 11 is 0. The zero-order valence-electron chi connectivity index (χ0n) is 22.3. The van der Waals surface area contributed by atoms with Crippen LogP contribution in [0, 0.1) is 5.82 Å². The molecule has 1 atom stereocenters. The molecular formula is C28H31F4N3O4S. The number of rotatable bonds is 12. The zero-order valence-corrected chi connectivity index (χ0v) is 23.2. The second-order valence-electron chi connectivity index (χ2n) is 9.28. The summed E-state index contributed by atoms with van der Waals surface area (Å²) in [5.74, 6) is -2.44. The Hall–Kier alpha value is -3.67. The molecule has 0 radical (unpaired) electrons. The minimum Gasteiger partial charge on any atom is -0.473 e. The molecule has 0 fully saturated rings. The number of benzene rings is 2. The molecule has 1 amide bonds. The lowest BCUT2D eigenvalue weighted by molar-refractivity contribution is -0.141. The number of hydrogen-bond acceptors (Lipinski definition) is 5. The van der Waals surface area contributed by atoms with Gasteiger partial charge in [-0.15, -0.1) is 0 Å². The molecule has 1 aromatic heterocycles. The molecular weight excluding hydrogens is 550 g/mol. The number of aromatic nitrogens is 1. The Bertz CT molecular complexity index is 1390. The summed E-state index contributed by atoms with van der Waals surface area (Å²) in [4.78, 5) is 16.4. The lowest BCUT2D eigenvalue weighted by Gasteiger charge is -2.17. The van der Waals surface area contributed by atoms with E-state index in [9.17, 15) is 30.8 Å². The molecule has 0 aliphatic carbocycles. The first-order valence-corrected chi connectivity index (χ1v) is 13.8. The molecule has 216 valence electrons. The minimum atomic E-state index is -4.68. The van der Waals surface area contributed by atoms with Gasteiger partial charge < -0.3 is 10.1 Å². The van der Waals surface area contributed by atoms with Gasteiger partial charge >= 0.3 is 6.18 Å². The molecule has 0 bridgehead atoms. The number of ether oxygens (including phenoxy) is 1. The van der Waals surface area contributed by atoms with Crippen LogP contribution in [0.1, 0.15) is 60.6 Å². The zero-order chi connectivity index (χ0) is 29.4. The fourth-order valence-corrected chi connectivity index (χ4v) is 4.19. The van der Waals surface area contributed by atoms with Gasteiger partial charge in [0.15, 0.2) is 0 Å². The second-order valence-corrected chi connectivity index (χ2v) is 10.4. The average Bonchev–Trinajstić information content (AvgIpc) is 2.92. The van der Waals surface area contributed by atoms with Crippen LogP contribution >= 0.6 is 0 Å². The van der Waals surface area contributed by atoms with Crippen LogP contribution in [0.15, 0.2) is 54.6 Å². The summed E-state index contributed by atoms with van der Waals surface area (Å²) < 4.78 is 83.1. The van der Waals surface area contributed by atoms with Crippen molar-refractivity contribution in [1.29, 1.82) is 0 Å². The van der Waals surface area contributed by atoms with E-state index in [0.717, 1.165) is 46.8 Å². The van der Waals surface area contributed by atoms with Crippen molar-refractivity contribution >= 4 is 22.5 Å². The molecule has 3 aromatic rings. The first kappa shape index (κ1) is 30.9. The van der Waals surface area contributed by atoms with Gasteiger partial charge in [-0.1, -0.05) is 43.7 Å². The number of carbonyl (C=O) groups excluding carboxylic acids is 1. The highest BCUT2D eigenvalue weighted by Gasteiger charge is 2.33. The van der Waals surface area contributed by atoms with Gasteiger partial charge in [0.2, 0.25) is 22.7 Å². The molecule has 0 saturated carbocycles. The lowest BCUT2D eigenvalue weighted by atomic mass is 9.99. The van der Waals surface area contributed by atoms with E-state index in [1.54, 1.807) is 0 Å². The number of nitrogens with one attached hydrogen (secondary N) is 1. The third-order valence-electron chi connectivity index (χ3n) is 6.36. The van der Waals surface area contributed by atoms with Gasteiger partial charge in [-0.25, -0.2) is 17.8 Å². The van der Waals surface area contributed by atoms with Crippen molar-refractivity contribution in [3.63, 3.8) is 0 Å². The maximum absolute atomic E-state index is 14.5. The Morgan fingerprint density at radius 2 is 1.75 bits per heavy atom. The van der Waals surface area contributed by atoms with E-state index in [4.69, 9.17) is 4.74 Å².